The van der Waals surface area contributed by atoms with Crippen LogP contribution in [-0.2, 0) is 4.79 Å². The number of benzene rings is 1. The Balaban J connectivity index is 2.81. The molecule has 2 atom stereocenters. The first kappa shape index (κ1) is 17.4. The molecule has 4 nitrogen and oxygen atoms in total. The van der Waals surface area contributed by atoms with Crippen molar-refractivity contribution in [3.05, 3.63) is 29.8 Å². The van der Waals surface area contributed by atoms with E-state index >= 15 is 0 Å². The van der Waals surface area contributed by atoms with Gasteiger partial charge in [0.25, 0.3) is 0 Å². The number of carboxylic acid groups (broad SMARTS) is 1. The molecule has 6 heteroatoms. The van der Waals surface area contributed by atoms with E-state index in [1.54, 1.807) is 6.92 Å². The molecule has 0 amide bonds. The maximum atomic E-state index is 13.5. The fourth-order valence-electron chi connectivity index (χ4n) is 2.25. The summed E-state index contributed by atoms with van der Waals surface area (Å²) in [6.45, 7) is 6.82. The first-order chi connectivity index (χ1) is 9.64. The molecule has 0 aliphatic rings. The minimum atomic E-state index is -1.21. The summed E-state index contributed by atoms with van der Waals surface area (Å²) >= 11 is 0. The molecule has 1 aromatic carbocycles. The minimum absolute atomic E-state index is 0.0378. The molecule has 0 aliphatic carbocycles. The van der Waals surface area contributed by atoms with Gasteiger partial charge in [-0.2, -0.15) is 0 Å². The topological polar surface area (TPSA) is 58.6 Å². The van der Waals surface area contributed by atoms with Crippen LogP contribution in [0.1, 0.15) is 34.1 Å². The summed E-state index contributed by atoms with van der Waals surface area (Å²) in [5, 5.41) is 12.3. The van der Waals surface area contributed by atoms with Crippen LogP contribution in [0.2, 0.25) is 0 Å². The van der Waals surface area contributed by atoms with Gasteiger partial charge in [-0.1, -0.05) is 0 Å². The zero-order valence-electron chi connectivity index (χ0n) is 12.6. The molecular weight excluding hydrogens is 280 g/mol. The Morgan fingerprint density at radius 3 is 2.52 bits per heavy atom. The minimum Gasteiger partial charge on any atom is -0.487 e. The average molecular weight is 301 g/mol. The van der Waals surface area contributed by atoms with Crippen LogP contribution in [0.4, 0.5) is 8.78 Å². The lowest BCUT2D eigenvalue weighted by atomic mass is 9.94. The van der Waals surface area contributed by atoms with E-state index in [0.717, 1.165) is 18.2 Å². The highest BCUT2D eigenvalue weighted by Gasteiger charge is 2.35. The van der Waals surface area contributed by atoms with Crippen LogP contribution in [0.25, 0.3) is 0 Å². The van der Waals surface area contributed by atoms with Crippen molar-refractivity contribution in [2.24, 2.45) is 0 Å². The van der Waals surface area contributed by atoms with E-state index in [0.29, 0.717) is 0 Å². The van der Waals surface area contributed by atoms with Gasteiger partial charge in [-0.05, 0) is 39.8 Å². The molecule has 0 heterocycles. The molecule has 21 heavy (non-hydrogen) atoms. The van der Waals surface area contributed by atoms with Crippen LogP contribution in [0.15, 0.2) is 18.2 Å². The predicted molar refractivity (Wildman–Crippen MR) is 75.4 cm³/mol. The smallest absolute Gasteiger partial charge is 0.323 e. The Morgan fingerprint density at radius 2 is 2.00 bits per heavy atom. The number of aliphatic carboxylic acids is 1. The fourth-order valence-corrected chi connectivity index (χ4v) is 2.25. The monoisotopic (exact) mass is 301 g/mol. The number of hydrogen-bond acceptors (Lipinski definition) is 3. The van der Waals surface area contributed by atoms with E-state index in [9.17, 15) is 18.7 Å². The number of rotatable bonds is 7. The average Bonchev–Trinajstić information content (AvgIpc) is 2.32. The highest BCUT2D eigenvalue weighted by atomic mass is 19.1. The van der Waals surface area contributed by atoms with E-state index < -0.39 is 29.2 Å². The summed E-state index contributed by atoms with van der Waals surface area (Å²) in [7, 11) is 0. The molecule has 0 aliphatic heterocycles. The molecule has 0 bridgehead atoms. The third-order valence-electron chi connectivity index (χ3n) is 3.00. The lowest BCUT2D eigenvalue weighted by Crippen LogP contribution is -2.54. The number of carboxylic acids is 1. The van der Waals surface area contributed by atoms with Gasteiger partial charge in [0.05, 0.1) is 6.10 Å². The van der Waals surface area contributed by atoms with Crippen molar-refractivity contribution < 1.29 is 23.4 Å². The van der Waals surface area contributed by atoms with Crippen molar-refractivity contribution in [3.8, 4) is 5.75 Å². The summed E-state index contributed by atoms with van der Waals surface area (Å²) in [5.41, 5.74) is -1.21. The number of ether oxygens (including phenoxy) is 1. The molecule has 0 saturated carbocycles. The highest BCUT2D eigenvalue weighted by molar-refractivity contribution is 5.78. The largest absolute Gasteiger partial charge is 0.487 e. The van der Waals surface area contributed by atoms with E-state index in [1.807, 2.05) is 13.8 Å². The fraction of sp³-hybridized carbons (Fsp3) is 0.533. The van der Waals surface area contributed by atoms with Crippen molar-refractivity contribution in [2.45, 2.75) is 51.8 Å². The van der Waals surface area contributed by atoms with Crippen molar-refractivity contribution in [1.29, 1.82) is 0 Å². The number of hydrogen-bond donors (Lipinski definition) is 2. The Kier molecular flexibility index (Phi) is 5.66. The molecule has 118 valence electrons. The standard InChI is InChI=1S/C15H21F2NO3/c1-9(2)18-15(4,14(19)20)8-10(3)21-13-7-11(16)5-6-12(13)17/h5-7,9-10,18H,8H2,1-4H3,(H,19,20). The van der Waals surface area contributed by atoms with E-state index in [4.69, 9.17) is 4.74 Å². The molecule has 0 radical (unpaired) electrons. The van der Waals surface area contributed by atoms with Gasteiger partial charge in [0.2, 0.25) is 0 Å². The van der Waals surface area contributed by atoms with Gasteiger partial charge in [-0.25, -0.2) is 8.78 Å². The molecule has 2 unspecified atom stereocenters. The second-order valence-corrected chi connectivity index (χ2v) is 5.64. The molecule has 2 N–H and O–H groups in total. The van der Waals surface area contributed by atoms with Gasteiger partial charge < -0.3 is 9.84 Å². The zero-order chi connectivity index (χ0) is 16.2. The van der Waals surface area contributed by atoms with Crippen molar-refractivity contribution in [3.63, 3.8) is 0 Å². The van der Waals surface area contributed by atoms with Crippen LogP contribution < -0.4 is 10.1 Å². The van der Waals surface area contributed by atoms with Crippen LogP contribution in [0.3, 0.4) is 0 Å². The molecule has 0 fully saturated rings. The van der Waals surface area contributed by atoms with Gasteiger partial charge in [-0.15, -0.1) is 0 Å². The maximum Gasteiger partial charge on any atom is 0.323 e. The maximum absolute atomic E-state index is 13.5. The number of carbonyl (C=O) groups is 1. The first-order valence-electron chi connectivity index (χ1n) is 6.77. The van der Waals surface area contributed by atoms with E-state index in [1.165, 1.54) is 6.92 Å². The van der Waals surface area contributed by atoms with Crippen LogP contribution in [-0.4, -0.2) is 28.8 Å². The highest BCUT2D eigenvalue weighted by Crippen LogP contribution is 2.23. The molecule has 0 spiro atoms. The second kappa shape index (κ2) is 6.85. The summed E-state index contributed by atoms with van der Waals surface area (Å²) in [6.07, 6.45) is -0.495. The van der Waals surface area contributed by atoms with Crippen LogP contribution >= 0.6 is 0 Å². The Hall–Kier alpha value is -1.69. The van der Waals surface area contributed by atoms with Crippen molar-refractivity contribution in [1.82, 2.24) is 5.32 Å². The summed E-state index contributed by atoms with van der Waals surface area (Å²) in [6, 6.07) is 2.87. The number of nitrogens with one attached hydrogen (secondary N) is 1. The van der Waals surface area contributed by atoms with Crippen molar-refractivity contribution in [2.75, 3.05) is 0 Å². The predicted octanol–water partition coefficient (Wildman–Crippen LogP) is 2.96. The third kappa shape index (κ3) is 4.97. The first-order valence-corrected chi connectivity index (χ1v) is 6.77. The Morgan fingerprint density at radius 1 is 1.38 bits per heavy atom. The molecule has 0 saturated heterocycles. The van der Waals surface area contributed by atoms with Gasteiger partial charge in [0.15, 0.2) is 11.6 Å². The Labute approximate surface area is 123 Å². The van der Waals surface area contributed by atoms with Crippen molar-refractivity contribution >= 4 is 5.97 Å². The second-order valence-electron chi connectivity index (χ2n) is 5.64. The SMILES string of the molecule is CC(C)NC(C)(CC(C)Oc1cc(F)ccc1F)C(=O)O. The summed E-state index contributed by atoms with van der Waals surface area (Å²) < 4.78 is 31.9. The van der Waals surface area contributed by atoms with Gasteiger partial charge in [0, 0.05) is 18.5 Å². The Bertz CT molecular complexity index is 508. The lowest BCUT2D eigenvalue weighted by Gasteiger charge is -2.31. The van der Waals surface area contributed by atoms with Gasteiger partial charge in [-0.3, -0.25) is 10.1 Å². The molecule has 0 aromatic heterocycles. The molecule has 1 rings (SSSR count). The van der Waals surface area contributed by atoms with Gasteiger partial charge in [0.1, 0.15) is 11.4 Å². The van der Waals surface area contributed by atoms with Crippen LogP contribution in [0, 0.1) is 11.6 Å². The van der Waals surface area contributed by atoms with E-state index in [-0.39, 0.29) is 18.2 Å². The summed E-state index contributed by atoms with van der Waals surface area (Å²) in [5.74, 6) is -2.54. The van der Waals surface area contributed by atoms with Crippen LogP contribution in [0.5, 0.6) is 5.75 Å². The third-order valence-corrected chi connectivity index (χ3v) is 3.00. The lowest BCUT2D eigenvalue weighted by molar-refractivity contribution is -0.145. The van der Waals surface area contributed by atoms with Gasteiger partial charge >= 0.3 is 5.97 Å². The normalized spacial score (nSPS) is 15.6. The zero-order valence-corrected chi connectivity index (χ0v) is 12.6. The molecule has 1 aromatic rings. The number of halogens is 2. The summed E-state index contributed by atoms with van der Waals surface area (Å²) in [4.78, 5) is 11.4. The quantitative estimate of drug-likeness (QED) is 0.813. The molecular formula is C15H21F2NO3. The van der Waals surface area contributed by atoms with E-state index in [2.05, 4.69) is 5.32 Å².